The van der Waals surface area contributed by atoms with Gasteiger partial charge in [0.25, 0.3) is 0 Å². The van der Waals surface area contributed by atoms with Gasteiger partial charge in [-0.2, -0.15) is 5.26 Å². The molecule has 0 amide bonds. The van der Waals surface area contributed by atoms with Crippen LogP contribution in [0.5, 0.6) is 0 Å². The van der Waals surface area contributed by atoms with Gasteiger partial charge in [0.05, 0.1) is 17.2 Å². The van der Waals surface area contributed by atoms with E-state index in [4.69, 9.17) is 0 Å². The molecule has 2 aromatic rings. The Labute approximate surface area is 135 Å². The van der Waals surface area contributed by atoms with Crippen LogP contribution in [0.3, 0.4) is 0 Å². The fraction of sp³-hybridized carbons (Fsp3) is 0.400. The molecule has 120 valence electrons. The minimum Gasteiger partial charge on any atom is -0.352 e. The number of anilines is 1. The van der Waals surface area contributed by atoms with Crippen LogP contribution in [0, 0.1) is 18.3 Å². The molecule has 8 heteroatoms. The van der Waals surface area contributed by atoms with Crippen molar-refractivity contribution in [1.82, 2.24) is 15.0 Å². The highest BCUT2D eigenvalue weighted by atomic mass is 32.2. The standard InChI is InChI=1S/C15H17N5O2S/c1-11-3-5-12(6-4-11)20-17-14(9-16)15(18-20)19(2)13-7-8-23(21,22)10-13/h3-6,13H,7-8,10H2,1-2H3. The Morgan fingerprint density at radius 2 is 2.00 bits per heavy atom. The minimum absolute atomic E-state index is 0.0890. The minimum atomic E-state index is -3.00. The van der Waals surface area contributed by atoms with E-state index in [9.17, 15) is 13.7 Å². The molecule has 7 nitrogen and oxygen atoms in total. The first kappa shape index (κ1) is 15.5. The van der Waals surface area contributed by atoms with Crippen molar-refractivity contribution >= 4 is 15.7 Å². The van der Waals surface area contributed by atoms with Crippen LogP contribution in [0.15, 0.2) is 24.3 Å². The van der Waals surface area contributed by atoms with E-state index in [1.807, 2.05) is 37.3 Å². The van der Waals surface area contributed by atoms with Crippen LogP contribution in [0.25, 0.3) is 5.69 Å². The molecule has 0 saturated carbocycles. The number of nitrogens with zero attached hydrogens (tertiary/aromatic N) is 5. The second-order valence-electron chi connectivity index (χ2n) is 5.78. The third-order valence-corrected chi connectivity index (χ3v) is 5.81. The Morgan fingerprint density at radius 3 is 2.57 bits per heavy atom. The monoisotopic (exact) mass is 331 g/mol. The van der Waals surface area contributed by atoms with Crippen LogP contribution in [-0.2, 0) is 9.84 Å². The molecule has 1 unspecified atom stereocenters. The molecule has 2 heterocycles. The SMILES string of the molecule is Cc1ccc(-n2nc(C#N)c(N(C)C3CCS(=O)(=O)C3)n2)cc1. The molecule has 1 saturated heterocycles. The Kier molecular flexibility index (Phi) is 3.82. The first-order valence-corrected chi connectivity index (χ1v) is 9.09. The molecule has 0 N–H and O–H groups in total. The number of sulfone groups is 1. The van der Waals surface area contributed by atoms with Crippen LogP contribution in [-0.4, -0.2) is 48.0 Å². The van der Waals surface area contributed by atoms with E-state index in [1.165, 1.54) is 4.80 Å². The Morgan fingerprint density at radius 1 is 1.30 bits per heavy atom. The van der Waals surface area contributed by atoms with Crippen molar-refractivity contribution in [2.75, 3.05) is 23.5 Å². The van der Waals surface area contributed by atoms with E-state index in [2.05, 4.69) is 10.2 Å². The van der Waals surface area contributed by atoms with Crippen molar-refractivity contribution < 1.29 is 8.42 Å². The van der Waals surface area contributed by atoms with Gasteiger partial charge in [-0.05, 0) is 25.5 Å². The quantitative estimate of drug-likeness (QED) is 0.835. The van der Waals surface area contributed by atoms with Crippen LogP contribution in [0.1, 0.15) is 17.7 Å². The van der Waals surface area contributed by atoms with Crippen LogP contribution in [0.2, 0.25) is 0 Å². The normalized spacial score (nSPS) is 19.4. The van der Waals surface area contributed by atoms with Gasteiger partial charge in [-0.15, -0.1) is 15.0 Å². The highest BCUT2D eigenvalue weighted by Crippen LogP contribution is 2.24. The summed E-state index contributed by atoms with van der Waals surface area (Å²) in [5.74, 6) is 0.678. The van der Waals surface area contributed by atoms with Gasteiger partial charge < -0.3 is 4.90 Å². The second kappa shape index (κ2) is 5.66. The van der Waals surface area contributed by atoms with Gasteiger partial charge in [-0.3, -0.25) is 0 Å². The summed E-state index contributed by atoms with van der Waals surface area (Å²) in [7, 11) is -1.24. The first-order valence-electron chi connectivity index (χ1n) is 7.27. The molecule has 0 aliphatic carbocycles. The molecule has 0 spiro atoms. The summed E-state index contributed by atoms with van der Waals surface area (Å²) in [4.78, 5) is 3.16. The molecule has 0 bridgehead atoms. The Balaban J connectivity index is 1.94. The molecule has 1 atom stereocenters. The maximum atomic E-state index is 11.7. The zero-order valence-electron chi connectivity index (χ0n) is 13.0. The number of aromatic nitrogens is 3. The lowest BCUT2D eigenvalue weighted by Gasteiger charge is -2.22. The summed E-state index contributed by atoms with van der Waals surface area (Å²) in [6.45, 7) is 1.99. The molecule has 1 aromatic carbocycles. The van der Waals surface area contributed by atoms with Gasteiger partial charge in [-0.1, -0.05) is 17.7 Å². The van der Waals surface area contributed by atoms with Crippen LogP contribution < -0.4 is 4.90 Å². The van der Waals surface area contributed by atoms with Crippen molar-refractivity contribution in [2.24, 2.45) is 0 Å². The average Bonchev–Trinajstić information content (AvgIpc) is 3.10. The summed E-state index contributed by atoms with van der Waals surface area (Å²) in [5, 5.41) is 17.9. The predicted octanol–water partition coefficient (Wildman–Crippen LogP) is 1.07. The van der Waals surface area contributed by atoms with Crippen molar-refractivity contribution in [3.63, 3.8) is 0 Å². The summed E-state index contributed by atoms with van der Waals surface area (Å²) in [5.41, 5.74) is 2.07. The highest BCUT2D eigenvalue weighted by molar-refractivity contribution is 7.91. The second-order valence-corrected chi connectivity index (χ2v) is 8.01. The van der Waals surface area contributed by atoms with Gasteiger partial charge in [0, 0.05) is 13.1 Å². The molecule has 1 fully saturated rings. The molecular formula is C15H17N5O2S. The van der Waals surface area contributed by atoms with E-state index in [-0.39, 0.29) is 23.2 Å². The molecule has 0 radical (unpaired) electrons. The fourth-order valence-corrected chi connectivity index (χ4v) is 4.43. The molecule has 23 heavy (non-hydrogen) atoms. The number of hydrogen-bond donors (Lipinski definition) is 0. The van der Waals surface area contributed by atoms with Crippen LogP contribution in [0.4, 0.5) is 5.82 Å². The zero-order chi connectivity index (χ0) is 16.6. The molecular weight excluding hydrogens is 314 g/mol. The van der Waals surface area contributed by atoms with Crippen molar-refractivity contribution in [3.05, 3.63) is 35.5 Å². The molecule has 1 aliphatic heterocycles. The molecule has 1 aliphatic rings. The number of hydrogen-bond acceptors (Lipinski definition) is 6. The topological polar surface area (TPSA) is 91.9 Å². The highest BCUT2D eigenvalue weighted by Gasteiger charge is 2.33. The summed E-state index contributed by atoms with van der Waals surface area (Å²) >= 11 is 0. The number of nitriles is 1. The number of aryl methyl sites for hydroxylation is 1. The smallest absolute Gasteiger partial charge is 0.207 e. The van der Waals surface area contributed by atoms with Gasteiger partial charge in [0.1, 0.15) is 6.07 Å². The largest absolute Gasteiger partial charge is 0.352 e. The number of benzene rings is 1. The summed E-state index contributed by atoms with van der Waals surface area (Å²) in [6, 6.07) is 9.50. The third kappa shape index (κ3) is 3.05. The van der Waals surface area contributed by atoms with Gasteiger partial charge in [-0.25, -0.2) is 8.42 Å². The van der Waals surface area contributed by atoms with Gasteiger partial charge in [0.2, 0.25) is 5.69 Å². The van der Waals surface area contributed by atoms with Gasteiger partial charge in [0.15, 0.2) is 15.7 Å². The predicted molar refractivity (Wildman–Crippen MR) is 86.3 cm³/mol. The molecule has 3 rings (SSSR count). The van der Waals surface area contributed by atoms with Gasteiger partial charge >= 0.3 is 0 Å². The lowest BCUT2D eigenvalue weighted by atomic mass is 10.2. The maximum absolute atomic E-state index is 11.7. The first-order chi connectivity index (χ1) is 10.9. The van der Waals surface area contributed by atoms with Crippen LogP contribution >= 0.6 is 0 Å². The van der Waals surface area contributed by atoms with E-state index in [0.717, 1.165) is 11.3 Å². The van der Waals surface area contributed by atoms with E-state index in [0.29, 0.717) is 12.2 Å². The molecule has 1 aromatic heterocycles. The summed E-state index contributed by atoms with van der Waals surface area (Å²) in [6.07, 6.45) is 0.543. The van der Waals surface area contributed by atoms with E-state index >= 15 is 0 Å². The fourth-order valence-electron chi connectivity index (χ4n) is 2.66. The Hall–Kier alpha value is -2.40. The zero-order valence-corrected chi connectivity index (χ0v) is 13.8. The van der Waals surface area contributed by atoms with E-state index in [1.54, 1.807) is 11.9 Å². The maximum Gasteiger partial charge on any atom is 0.207 e. The average molecular weight is 331 g/mol. The lowest BCUT2D eigenvalue weighted by Crippen LogP contribution is -2.33. The van der Waals surface area contributed by atoms with E-state index < -0.39 is 9.84 Å². The Bertz CT molecular complexity index is 864. The lowest BCUT2D eigenvalue weighted by molar-refractivity contribution is 0.600. The van der Waals surface area contributed by atoms with Crippen molar-refractivity contribution in [3.8, 4) is 11.8 Å². The van der Waals surface area contributed by atoms with Crippen molar-refractivity contribution in [1.29, 1.82) is 5.26 Å². The summed E-state index contributed by atoms with van der Waals surface area (Å²) < 4.78 is 23.3. The number of rotatable bonds is 3. The third-order valence-electron chi connectivity index (χ3n) is 4.06. The van der Waals surface area contributed by atoms with Crippen molar-refractivity contribution in [2.45, 2.75) is 19.4 Å².